The van der Waals surface area contributed by atoms with Gasteiger partial charge in [-0.1, -0.05) is 73.7 Å². The molecule has 26 heavy (non-hydrogen) atoms. The molecule has 0 aliphatic rings. The Kier molecular flexibility index (Phi) is 5.47. The van der Waals surface area contributed by atoms with Crippen LogP contribution in [0.1, 0.15) is 35.3 Å². The summed E-state index contributed by atoms with van der Waals surface area (Å²) in [5.41, 5.74) is 2.63. The van der Waals surface area contributed by atoms with E-state index in [2.05, 4.69) is 6.92 Å². The molecule has 3 nitrogen and oxygen atoms in total. The molecular weight excluding hydrogens is 324 g/mol. The smallest absolute Gasteiger partial charge is 0.310 e. The molecule has 0 amide bonds. The van der Waals surface area contributed by atoms with E-state index in [0.29, 0.717) is 5.56 Å². The fourth-order valence-corrected chi connectivity index (χ4v) is 3.03. The molecule has 0 saturated heterocycles. The van der Waals surface area contributed by atoms with E-state index in [1.165, 1.54) is 5.56 Å². The molecule has 3 aromatic rings. The highest BCUT2D eigenvalue weighted by Crippen LogP contribution is 2.19. The van der Waals surface area contributed by atoms with E-state index in [1.807, 2.05) is 54.6 Å². The van der Waals surface area contributed by atoms with Crippen LogP contribution in [-0.2, 0) is 22.4 Å². The Balaban J connectivity index is 1.67. The summed E-state index contributed by atoms with van der Waals surface area (Å²) in [6.45, 7) is 3.69. The van der Waals surface area contributed by atoms with Gasteiger partial charge in [0.25, 0.3) is 0 Å². The van der Waals surface area contributed by atoms with E-state index in [9.17, 15) is 9.59 Å². The Morgan fingerprint density at radius 1 is 0.923 bits per heavy atom. The molecule has 0 aliphatic carbocycles. The molecule has 0 heterocycles. The molecule has 0 unspecified atom stereocenters. The van der Waals surface area contributed by atoms with Gasteiger partial charge < -0.3 is 4.74 Å². The molecule has 0 aliphatic heterocycles. The van der Waals surface area contributed by atoms with Gasteiger partial charge in [-0.3, -0.25) is 9.59 Å². The van der Waals surface area contributed by atoms with Gasteiger partial charge in [-0.2, -0.15) is 0 Å². The average Bonchev–Trinajstić information content (AvgIpc) is 2.67. The first kappa shape index (κ1) is 17.9. The summed E-state index contributed by atoms with van der Waals surface area (Å²) < 4.78 is 5.39. The Bertz CT molecular complexity index is 920. The maximum Gasteiger partial charge on any atom is 0.310 e. The van der Waals surface area contributed by atoms with Crippen molar-refractivity contribution in [3.8, 4) is 0 Å². The number of aryl methyl sites for hydroxylation is 1. The van der Waals surface area contributed by atoms with Gasteiger partial charge in [0.2, 0.25) is 5.78 Å². The molecule has 3 aromatic carbocycles. The molecule has 0 saturated carbocycles. The minimum atomic E-state index is -0.801. The van der Waals surface area contributed by atoms with Crippen molar-refractivity contribution in [2.45, 2.75) is 32.8 Å². The normalized spacial score (nSPS) is 11.9. The zero-order chi connectivity index (χ0) is 18.5. The molecule has 132 valence electrons. The van der Waals surface area contributed by atoms with Gasteiger partial charge in [0.05, 0.1) is 6.42 Å². The van der Waals surface area contributed by atoms with Crippen LogP contribution in [0.2, 0.25) is 0 Å². The van der Waals surface area contributed by atoms with Crippen molar-refractivity contribution in [3.63, 3.8) is 0 Å². The average molecular weight is 346 g/mol. The lowest BCUT2D eigenvalue weighted by Crippen LogP contribution is -2.25. The third-order valence-electron chi connectivity index (χ3n) is 4.54. The van der Waals surface area contributed by atoms with Gasteiger partial charge in [0, 0.05) is 5.56 Å². The number of carbonyl (C=O) groups is 2. The van der Waals surface area contributed by atoms with Crippen LogP contribution in [0.25, 0.3) is 10.8 Å². The molecule has 0 aromatic heterocycles. The molecule has 3 rings (SSSR count). The summed E-state index contributed by atoms with van der Waals surface area (Å²) in [5.74, 6) is -0.577. The monoisotopic (exact) mass is 346 g/mol. The number of Topliss-reactive ketones (excluding diaryl/α,β-unsaturated/α-hetero) is 1. The van der Waals surface area contributed by atoms with Gasteiger partial charge in [0.1, 0.15) is 0 Å². The molecule has 0 spiro atoms. The van der Waals surface area contributed by atoms with Crippen LogP contribution in [0.4, 0.5) is 0 Å². The van der Waals surface area contributed by atoms with Gasteiger partial charge >= 0.3 is 5.97 Å². The molecule has 0 N–H and O–H groups in total. The molecule has 0 radical (unpaired) electrons. The third kappa shape index (κ3) is 3.99. The summed E-state index contributed by atoms with van der Waals surface area (Å²) in [6, 6.07) is 21.2. The Morgan fingerprint density at radius 3 is 2.35 bits per heavy atom. The molecule has 0 bridgehead atoms. The second-order valence-corrected chi connectivity index (χ2v) is 6.36. The first-order chi connectivity index (χ1) is 12.6. The number of ketones is 1. The van der Waals surface area contributed by atoms with Crippen LogP contribution in [-0.4, -0.2) is 17.9 Å². The van der Waals surface area contributed by atoms with Crippen molar-refractivity contribution >= 4 is 22.5 Å². The number of hydrogen-bond donors (Lipinski definition) is 0. The maximum absolute atomic E-state index is 12.5. The molecule has 0 fully saturated rings. The zero-order valence-corrected chi connectivity index (χ0v) is 15.1. The van der Waals surface area contributed by atoms with Crippen LogP contribution in [0.3, 0.4) is 0 Å². The predicted octanol–water partition coefficient (Wildman–Crippen LogP) is 4.76. The third-order valence-corrected chi connectivity index (χ3v) is 4.54. The van der Waals surface area contributed by atoms with Crippen LogP contribution in [0.5, 0.6) is 0 Å². The minimum Gasteiger partial charge on any atom is -0.454 e. The van der Waals surface area contributed by atoms with Crippen LogP contribution in [0.15, 0.2) is 66.7 Å². The van der Waals surface area contributed by atoms with Crippen molar-refractivity contribution < 1.29 is 14.3 Å². The van der Waals surface area contributed by atoms with Crippen molar-refractivity contribution in [2.24, 2.45) is 0 Å². The molecular formula is C23H22O3. The Labute approximate surface area is 153 Å². The number of rotatable bonds is 6. The van der Waals surface area contributed by atoms with Crippen LogP contribution >= 0.6 is 0 Å². The summed E-state index contributed by atoms with van der Waals surface area (Å²) in [5, 5.41) is 2.11. The van der Waals surface area contributed by atoms with Crippen molar-refractivity contribution in [2.75, 3.05) is 0 Å². The maximum atomic E-state index is 12.5. The van der Waals surface area contributed by atoms with E-state index in [1.54, 1.807) is 19.1 Å². The van der Waals surface area contributed by atoms with E-state index >= 15 is 0 Å². The number of hydrogen-bond acceptors (Lipinski definition) is 3. The number of benzene rings is 3. The van der Waals surface area contributed by atoms with Crippen molar-refractivity contribution in [3.05, 3.63) is 83.4 Å². The van der Waals surface area contributed by atoms with Crippen molar-refractivity contribution in [1.82, 2.24) is 0 Å². The second kappa shape index (κ2) is 7.96. The largest absolute Gasteiger partial charge is 0.454 e. The minimum absolute atomic E-state index is 0.147. The molecule has 1 atom stereocenters. The lowest BCUT2D eigenvalue weighted by Gasteiger charge is -2.13. The first-order valence-electron chi connectivity index (χ1n) is 8.87. The number of carbonyl (C=O) groups excluding carboxylic acids is 2. The van der Waals surface area contributed by atoms with Gasteiger partial charge in [-0.25, -0.2) is 0 Å². The van der Waals surface area contributed by atoms with E-state index in [-0.39, 0.29) is 12.2 Å². The number of fused-ring (bicyclic) bond motifs is 1. The fourth-order valence-electron chi connectivity index (χ4n) is 3.03. The van der Waals surface area contributed by atoms with Crippen LogP contribution < -0.4 is 0 Å². The fraction of sp³-hybridized carbons (Fsp3) is 0.217. The Morgan fingerprint density at radius 2 is 1.62 bits per heavy atom. The summed E-state index contributed by atoms with van der Waals surface area (Å²) in [7, 11) is 0. The van der Waals surface area contributed by atoms with Gasteiger partial charge in [0.15, 0.2) is 6.10 Å². The van der Waals surface area contributed by atoms with Crippen molar-refractivity contribution in [1.29, 1.82) is 0 Å². The summed E-state index contributed by atoms with van der Waals surface area (Å²) in [4.78, 5) is 24.8. The molecule has 3 heteroatoms. The summed E-state index contributed by atoms with van der Waals surface area (Å²) in [6.07, 6.45) is 0.266. The Hall–Kier alpha value is -2.94. The zero-order valence-electron chi connectivity index (χ0n) is 15.1. The highest BCUT2D eigenvalue weighted by Gasteiger charge is 2.20. The van der Waals surface area contributed by atoms with E-state index in [4.69, 9.17) is 4.74 Å². The highest BCUT2D eigenvalue weighted by molar-refractivity contribution is 6.00. The van der Waals surface area contributed by atoms with Gasteiger partial charge in [-0.15, -0.1) is 0 Å². The lowest BCUT2D eigenvalue weighted by atomic mass is 10.0. The van der Waals surface area contributed by atoms with Crippen LogP contribution in [0, 0.1) is 0 Å². The standard InChI is InChI=1S/C23H22O3/c1-3-17-11-13-19(14-12-17)23(25)16(2)26-22(24)15-20-9-6-8-18-7-4-5-10-21(18)20/h4-14,16H,3,15H2,1-2H3/t16-/m0/s1. The highest BCUT2D eigenvalue weighted by atomic mass is 16.5. The van der Waals surface area contributed by atoms with E-state index in [0.717, 1.165) is 22.8 Å². The lowest BCUT2D eigenvalue weighted by molar-refractivity contribution is -0.145. The number of esters is 1. The quantitative estimate of drug-likeness (QED) is 0.477. The predicted molar refractivity (Wildman–Crippen MR) is 103 cm³/mol. The van der Waals surface area contributed by atoms with E-state index < -0.39 is 12.1 Å². The topological polar surface area (TPSA) is 43.4 Å². The second-order valence-electron chi connectivity index (χ2n) is 6.36. The number of ether oxygens (including phenoxy) is 1. The SMILES string of the molecule is CCc1ccc(C(=O)[C@H](C)OC(=O)Cc2cccc3ccccc23)cc1. The first-order valence-corrected chi connectivity index (χ1v) is 8.87. The summed E-state index contributed by atoms with van der Waals surface area (Å²) >= 11 is 0. The van der Waals surface area contributed by atoms with Gasteiger partial charge in [-0.05, 0) is 35.2 Å².